The van der Waals surface area contributed by atoms with E-state index in [1.54, 1.807) is 24.3 Å². The van der Waals surface area contributed by atoms with Crippen LogP contribution in [0.25, 0.3) is 0 Å². The van der Waals surface area contributed by atoms with E-state index >= 15 is 0 Å². The zero-order valence-corrected chi connectivity index (χ0v) is 14.9. The molecule has 0 saturated heterocycles. The van der Waals surface area contributed by atoms with Crippen molar-refractivity contribution < 1.29 is 27.5 Å². The third kappa shape index (κ3) is 5.84. The molecule has 5 nitrogen and oxygen atoms in total. The van der Waals surface area contributed by atoms with E-state index < -0.39 is 29.7 Å². The smallest absolute Gasteiger partial charge is 0.416 e. The minimum Gasteiger partial charge on any atom is -0.467 e. The van der Waals surface area contributed by atoms with Crippen LogP contribution < -0.4 is 5.32 Å². The van der Waals surface area contributed by atoms with Gasteiger partial charge in [-0.05, 0) is 29.3 Å². The lowest BCUT2D eigenvalue weighted by Gasteiger charge is -2.17. The Labute approximate surface area is 159 Å². The van der Waals surface area contributed by atoms with Crippen molar-refractivity contribution in [2.45, 2.75) is 25.1 Å². The number of carbonyl (C=O) groups is 2. The minimum atomic E-state index is -4.51. The molecule has 0 bridgehead atoms. The van der Waals surface area contributed by atoms with Crippen molar-refractivity contribution in [2.75, 3.05) is 7.11 Å². The summed E-state index contributed by atoms with van der Waals surface area (Å²) in [6.45, 7) is 0. The number of carbonyl (C=O) groups excluding carboxylic acids is 2. The predicted molar refractivity (Wildman–Crippen MR) is 94.0 cm³/mol. The number of halogens is 3. The SMILES string of the molecule is COC(=O)[C@H](Cc1cccc(C#N)c1)NC(=O)Cc1cccc(C(F)(F)F)c1. The summed E-state index contributed by atoms with van der Waals surface area (Å²) in [6, 6.07) is 11.9. The van der Waals surface area contributed by atoms with Gasteiger partial charge in [-0.1, -0.05) is 30.3 Å². The molecule has 1 atom stereocenters. The highest BCUT2D eigenvalue weighted by atomic mass is 19.4. The van der Waals surface area contributed by atoms with E-state index in [1.807, 2.05) is 6.07 Å². The molecule has 0 spiro atoms. The molecule has 1 amide bonds. The first kappa shape index (κ1) is 21.0. The largest absolute Gasteiger partial charge is 0.467 e. The summed E-state index contributed by atoms with van der Waals surface area (Å²) in [5.74, 6) is -1.31. The van der Waals surface area contributed by atoms with Gasteiger partial charge in [-0.15, -0.1) is 0 Å². The van der Waals surface area contributed by atoms with Crippen molar-refractivity contribution in [1.82, 2.24) is 5.32 Å². The van der Waals surface area contributed by atoms with E-state index in [1.165, 1.54) is 19.2 Å². The van der Waals surface area contributed by atoms with Crippen LogP contribution in [0.4, 0.5) is 13.2 Å². The Morgan fingerprint density at radius 3 is 2.46 bits per heavy atom. The van der Waals surface area contributed by atoms with Crippen LogP contribution in [0.2, 0.25) is 0 Å². The first-order valence-corrected chi connectivity index (χ1v) is 8.25. The van der Waals surface area contributed by atoms with Crippen LogP contribution in [0, 0.1) is 11.3 Å². The van der Waals surface area contributed by atoms with Crippen molar-refractivity contribution in [3.8, 4) is 6.07 Å². The van der Waals surface area contributed by atoms with Gasteiger partial charge < -0.3 is 10.1 Å². The summed E-state index contributed by atoms with van der Waals surface area (Å²) in [7, 11) is 1.17. The molecule has 0 radical (unpaired) electrons. The fourth-order valence-corrected chi connectivity index (χ4v) is 2.63. The van der Waals surface area contributed by atoms with Gasteiger partial charge in [0.25, 0.3) is 0 Å². The summed E-state index contributed by atoms with van der Waals surface area (Å²) in [5, 5.41) is 11.4. The number of ether oxygens (including phenoxy) is 1. The topological polar surface area (TPSA) is 79.2 Å². The van der Waals surface area contributed by atoms with Crippen molar-refractivity contribution in [2.24, 2.45) is 0 Å². The molecule has 28 heavy (non-hydrogen) atoms. The Morgan fingerprint density at radius 2 is 1.82 bits per heavy atom. The maximum absolute atomic E-state index is 12.8. The number of methoxy groups -OCH3 is 1. The van der Waals surface area contributed by atoms with Crippen LogP contribution in [0.1, 0.15) is 22.3 Å². The summed E-state index contributed by atoms with van der Waals surface area (Å²) >= 11 is 0. The molecule has 8 heteroatoms. The Hall–Kier alpha value is -3.34. The highest BCUT2D eigenvalue weighted by Gasteiger charge is 2.30. The first-order valence-electron chi connectivity index (χ1n) is 8.25. The van der Waals surface area contributed by atoms with Crippen LogP contribution in [-0.4, -0.2) is 25.0 Å². The fourth-order valence-electron chi connectivity index (χ4n) is 2.63. The van der Waals surface area contributed by atoms with Gasteiger partial charge in [0.1, 0.15) is 6.04 Å². The molecule has 0 aliphatic heterocycles. The number of hydrogen-bond donors (Lipinski definition) is 1. The molecular weight excluding hydrogens is 373 g/mol. The third-order valence-electron chi connectivity index (χ3n) is 3.94. The first-order chi connectivity index (χ1) is 13.2. The maximum atomic E-state index is 12.8. The van der Waals surface area contributed by atoms with Crippen LogP contribution in [0.5, 0.6) is 0 Å². The normalized spacial score (nSPS) is 12.0. The van der Waals surface area contributed by atoms with Crippen LogP contribution >= 0.6 is 0 Å². The summed E-state index contributed by atoms with van der Waals surface area (Å²) in [6.07, 6.45) is -4.75. The van der Waals surface area contributed by atoms with Crippen LogP contribution in [0.15, 0.2) is 48.5 Å². The lowest BCUT2D eigenvalue weighted by atomic mass is 10.0. The van der Waals surface area contributed by atoms with Gasteiger partial charge in [-0.3, -0.25) is 4.79 Å². The minimum absolute atomic E-state index is 0.0799. The fraction of sp³-hybridized carbons (Fsp3) is 0.250. The number of alkyl halides is 3. The van der Waals surface area contributed by atoms with Gasteiger partial charge in [-0.2, -0.15) is 18.4 Å². The van der Waals surface area contributed by atoms with Crippen LogP contribution in [-0.2, 0) is 33.3 Å². The average molecular weight is 390 g/mol. The Morgan fingerprint density at radius 1 is 1.14 bits per heavy atom. The molecule has 0 saturated carbocycles. The highest BCUT2D eigenvalue weighted by molar-refractivity contribution is 5.85. The van der Waals surface area contributed by atoms with Gasteiger partial charge in [0.2, 0.25) is 5.91 Å². The lowest BCUT2D eigenvalue weighted by molar-refractivity contribution is -0.145. The molecule has 0 aliphatic carbocycles. The van der Waals surface area contributed by atoms with Gasteiger partial charge in [0.15, 0.2) is 0 Å². The average Bonchev–Trinajstić information content (AvgIpc) is 2.66. The molecule has 2 aromatic carbocycles. The molecule has 2 rings (SSSR count). The van der Waals surface area contributed by atoms with Gasteiger partial charge in [0.05, 0.1) is 30.7 Å². The van der Waals surface area contributed by atoms with Gasteiger partial charge >= 0.3 is 12.1 Å². The monoisotopic (exact) mass is 390 g/mol. The van der Waals surface area contributed by atoms with Crippen LogP contribution in [0.3, 0.4) is 0 Å². The molecule has 0 aromatic heterocycles. The molecule has 2 aromatic rings. The standard InChI is InChI=1S/C20H17F3N2O3/c1-28-19(27)17(10-13-4-2-6-15(8-13)12-24)25-18(26)11-14-5-3-7-16(9-14)20(21,22)23/h2-9,17H,10-11H2,1H3,(H,25,26)/t17-/m0/s1. The predicted octanol–water partition coefficient (Wildman–Crippen LogP) is 3.02. The Balaban J connectivity index is 2.11. The Bertz CT molecular complexity index is 904. The van der Waals surface area contributed by atoms with E-state index in [0.717, 1.165) is 12.1 Å². The zero-order valence-electron chi connectivity index (χ0n) is 14.9. The van der Waals surface area contributed by atoms with Gasteiger partial charge in [-0.25, -0.2) is 4.79 Å². The lowest BCUT2D eigenvalue weighted by Crippen LogP contribution is -2.43. The van der Waals surface area contributed by atoms with Crippen molar-refractivity contribution in [1.29, 1.82) is 5.26 Å². The van der Waals surface area contributed by atoms with E-state index in [9.17, 15) is 22.8 Å². The van der Waals surface area contributed by atoms with E-state index in [-0.39, 0.29) is 18.4 Å². The van der Waals surface area contributed by atoms with E-state index in [4.69, 9.17) is 5.26 Å². The molecule has 0 unspecified atom stereocenters. The molecule has 1 N–H and O–H groups in total. The zero-order chi connectivity index (χ0) is 20.7. The number of benzene rings is 2. The summed E-state index contributed by atoms with van der Waals surface area (Å²) in [4.78, 5) is 24.3. The number of amides is 1. The number of esters is 1. The van der Waals surface area contributed by atoms with Crippen molar-refractivity contribution in [3.63, 3.8) is 0 Å². The number of rotatable bonds is 6. The highest BCUT2D eigenvalue weighted by Crippen LogP contribution is 2.29. The quantitative estimate of drug-likeness (QED) is 0.769. The van der Waals surface area contributed by atoms with Gasteiger partial charge in [0, 0.05) is 6.42 Å². The molecule has 0 aliphatic rings. The molecule has 0 fully saturated rings. The van der Waals surface area contributed by atoms with E-state index in [0.29, 0.717) is 11.1 Å². The molecular formula is C20H17F3N2O3. The second-order valence-corrected chi connectivity index (χ2v) is 6.03. The molecule has 0 heterocycles. The molecule has 146 valence electrons. The summed E-state index contributed by atoms with van der Waals surface area (Å²) < 4.78 is 43.0. The summed E-state index contributed by atoms with van der Waals surface area (Å²) in [5.41, 5.74) is 0.350. The third-order valence-corrected chi connectivity index (χ3v) is 3.94. The van der Waals surface area contributed by atoms with Crippen molar-refractivity contribution >= 4 is 11.9 Å². The van der Waals surface area contributed by atoms with Crippen molar-refractivity contribution in [3.05, 3.63) is 70.8 Å². The number of nitriles is 1. The number of hydrogen-bond acceptors (Lipinski definition) is 4. The number of nitrogens with zero attached hydrogens (tertiary/aromatic N) is 1. The second kappa shape index (κ2) is 9.04. The van der Waals surface area contributed by atoms with E-state index in [2.05, 4.69) is 10.1 Å². The number of nitrogens with one attached hydrogen (secondary N) is 1. The Kier molecular flexibility index (Phi) is 6.77. The second-order valence-electron chi connectivity index (χ2n) is 6.03. The maximum Gasteiger partial charge on any atom is 0.416 e.